The number of benzene rings is 2. The molecular formula is C24H24ClN5O2. The number of aromatic amines is 1. The minimum atomic E-state index is 0.0267. The van der Waals surface area contributed by atoms with Gasteiger partial charge in [-0.3, -0.25) is 9.59 Å². The van der Waals surface area contributed by atoms with Gasteiger partial charge in [0.25, 0.3) is 5.91 Å². The molecule has 0 spiro atoms. The van der Waals surface area contributed by atoms with Crippen molar-refractivity contribution in [2.24, 2.45) is 11.8 Å². The molecule has 7 nitrogen and oxygen atoms in total. The Hall–Kier alpha value is -3.19. The number of likely N-dealkylation sites (tertiary alicyclic amines) is 2. The highest BCUT2D eigenvalue weighted by molar-refractivity contribution is 6.30. The molecule has 2 aromatic carbocycles. The van der Waals surface area contributed by atoms with Gasteiger partial charge >= 0.3 is 0 Å². The van der Waals surface area contributed by atoms with E-state index in [2.05, 4.69) is 15.4 Å². The second kappa shape index (κ2) is 8.74. The molecule has 0 saturated carbocycles. The van der Waals surface area contributed by atoms with Crippen molar-refractivity contribution in [3.05, 3.63) is 64.7 Å². The number of fused-ring (bicyclic) bond motifs is 2. The maximum Gasteiger partial charge on any atom is 0.253 e. The van der Waals surface area contributed by atoms with Crippen molar-refractivity contribution in [2.45, 2.75) is 12.8 Å². The molecule has 0 bridgehead atoms. The van der Waals surface area contributed by atoms with E-state index >= 15 is 0 Å². The van der Waals surface area contributed by atoms with Gasteiger partial charge in [-0.25, -0.2) is 0 Å². The lowest BCUT2D eigenvalue weighted by molar-refractivity contribution is -0.126. The first-order chi connectivity index (χ1) is 15.6. The lowest BCUT2D eigenvalue weighted by Gasteiger charge is -2.21. The van der Waals surface area contributed by atoms with Gasteiger partial charge in [0.15, 0.2) is 0 Å². The van der Waals surface area contributed by atoms with E-state index in [0.29, 0.717) is 41.0 Å². The summed E-state index contributed by atoms with van der Waals surface area (Å²) in [6.07, 6.45) is 5.26. The standard InChI is InChI=1S/C24H24ClN5O2/c25-20-3-1-2-16(12-20)4-7-23(31)29-10-8-18-14-30(15-19(18)9-11-29)24(32)17-5-6-21-22(13-17)27-28-26-21/h1-7,12-13,18-19H,8-11,14-15H2,(H,26,27,28)/t18-,19+. The third kappa shape index (κ3) is 4.25. The summed E-state index contributed by atoms with van der Waals surface area (Å²) in [4.78, 5) is 29.6. The maximum atomic E-state index is 13.0. The van der Waals surface area contributed by atoms with Gasteiger partial charge in [-0.05, 0) is 66.6 Å². The molecule has 8 heteroatoms. The summed E-state index contributed by atoms with van der Waals surface area (Å²) in [6, 6.07) is 12.9. The Morgan fingerprint density at radius 1 is 0.969 bits per heavy atom. The molecule has 2 fully saturated rings. The number of nitrogens with zero attached hydrogens (tertiary/aromatic N) is 4. The summed E-state index contributed by atoms with van der Waals surface area (Å²) in [5.74, 6) is 0.910. The molecular weight excluding hydrogens is 426 g/mol. The molecule has 0 aliphatic carbocycles. The molecule has 32 heavy (non-hydrogen) atoms. The van der Waals surface area contributed by atoms with E-state index in [1.54, 1.807) is 12.1 Å². The van der Waals surface area contributed by atoms with Gasteiger partial charge < -0.3 is 9.80 Å². The number of amides is 2. The van der Waals surface area contributed by atoms with Crippen LogP contribution in [0.2, 0.25) is 5.02 Å². The topological polar surface area (TPSA) is 82.2 Å². The van der Waals surface area contributed by atoms with Crippen LogP contribution in [0.1, 0.15) is 28.8 Å². The predicted octanol–water partition coefficient (Wildman–Crippen LogP) is 3.64. The van der Waals surface area contributed by atoms with Crippen LogP contribution in [0.4, 0.5) is 0 Å². The lowest BCUT2D eigenvalue weighted by atomic mass is 9.92. The molecule has 0 unspecified atom stereocenters. The van der Waals surface area contributed by atoms with Crippen LogP contribution in [-0.4, -0.2) is 63.2 Å². The summed E-state index contributed by atoms with van der Waals surface area (Å²) in [5.41, 5.74) is 3.01. The van der Waals surface area contributed by atoms with E-state index in [0.717, 1.165) is 37.0 Å². The zero-order chi connectivity index (χ0) is 22.1. The van der Waals surface area contributed by atoms with Crippen molar-refractivity contribution in [3.63, 3.8) is 0 Å². The highest BCUT2D eigenvalue weighted by atomic mass is 35.5. The van der Waals surface area contributed by atoms with Crippen LogP contribution in [0, 0.1) is 11.8 Å². The third-order valence-electron chi connectivity index (χ3n) is 6.55. The van der Waals surface area contributed by atoms with Crippen molar-refractivity contribution < 1.29 is 9.59 Å². The second-order valence-corrected chi connectivity index (χ2v) is 8.98. The van der Waals surface area contributed by atoms with Crippen molar-refractivity contribution in [1.82, 2.24) is 25.2 Å². The summed E-state index contributed by atoms with van der Waals surface area (Å²) >= 11 is 6.01. The first-order valence-corrected chi connectivity index (χ1v) is 11.3. The SMILES string of the molecule is O=C(C=Cc1cccc(Cl)c1)N1CC[C@@H]2CN(C(=O)c3ccc4n[nH]nc4c3)C[C@@H]2CC1. The Labute approximate surface area is 191 Å². The molecule has 2 saturated heterocycles. The van der Waals surface area contributed by atoms with Gasteiger partial charge in [-0.15, -0.1) is 0 Å². The molecule has 3 heterocycles. The largest absolute Gasteiger partial charge is 0.339 e. The molecule has 1 aromatic heterocycles. The van der Waals surface area contributed by atoms with Crippen molar-refractivity contribution in [2.75, 3.05) is 26.2 Å². The van der Waals surface area contributed by atoms with Crippen molar-refractivity contribution in [3.8, 4) is 0 Å². The lowest BCUT2D eigenvalue weighted by Crippen LogP contribution is -2.33. The minimum absolute atomic E-state index is 0.0267. The maximum absolute atomic E-state index is 13.0. The van der Waals surface area contributed by atoms with Gasteiger partial charge in [0.1, 0.15) is 11.0 Å². The normalized spacial score (nSPS) is 21.2. The molecule has 2 atom stereocenters. The van der Waals surface area contributed by atoms with Crippen LogP contribution >= 0.6 is 11.6 Å². The molecule has 2 aliphatic rings. The summed E-state index contributed by atoms with van der Waals surface area (Å²) in [7, 11) is 0. The fourth-order valence-corrected chi connectivity index (χ4v) is 4.97. The van der Waals surface area contributed by atoms with Crippen LogP contribution in [0.25, 0.3) is 17.1 Å². The zero-order valence-corrected chi connectivity index (χ0v) is 18.3. The molecule has 2 aliphatic heterocycles. The Balaban J connectivity index is 1.19. The first kappa shape index (κ1) is 20.7. The molecule has 1 N–H and O–H groups in total. The zero-order valence-electron chi connectivity index (χ0n) is 17.6. The van der Waals surface area contributed by atoms with Crippen LogP contribution in [0.5, 0.6) is 0 Å². The van der Waals surface area contributed by atoms with E-state index < -0.39 is 0 Å². The fraction of sp³-hybridized carbons (Fsp3) is 0.333. The van der Waals surface area contributed by atoms with E-state index in [-0.39, 0.29) is 11.8 Å². The monoisotopic (exact) mass is 449 g/mol. The van der Waals surface area contributed by atoms with Gasteiger partial charge in [0.2, 0.25) is 5.91 Å². The highest BCUT2D eigenvalue weighted by Gasteiger charge is 2.37. The molecule has 0 radical (unpaired) electrons. The number of halogens is 1. The molecule has 164 valence electrons. The van der Waals surface area contributed by atoms with E-state index in [9.17, 15) is 9.59 Å². The van der Waals surface area contributed by atoms with Crippen molar-refractivity contribution >= 4 is 40.5 Å². The fourth-order valence-electron chi connectivity index (χ4n) is 4.77. The molecule has 5 rings (SSSR count). The van der Waals surface area contributed by atoms with Crippen LogP contribution < -0.4 is 0 Å². The van der Waals surface area contributed by atoms with Gasteiger partial charge in [0, 0.05) is 42.8 Å². The predicted molar refractivity (Wildman–Crippen MR) is 123 cm³/mol. The second-order valence-electron chi connectivity index (χ2n) is 8.55. The number of hydrogen-bond donors (Lipinski definition) is 1. The minimum Gasteiger partial charge on any atom is -0.339 e. The van der Waals surface area contributed by atoms with E-state index in [4.69, 9.17) is 11.6 Å². The Bertz CT molecular complexity index is 1170. The van der Waals surface area contributed by atoms with Gasteiger partial charge in [-0.1, -0.05) is 23.7 Å². The summed E-state index contributed by atoms with van der Waals surface area (Å²) in [6.45, 7) is 2.90. The molecule has 3 aromatic rings. The summed E-state index contributed by atoms with van der Waals surface area (Å²) < 4.78 is 0. The Morgan fingerprint density at radius 3 is 2.47 bits per heavy atom. The van der Waals surface area contributed by atoms with Gasteiger partial charge in [0.05, 0.1) is 0 Å². The molecule has 2 amide bonds. The van der Waals surface area contributed by atoms with Crippen LogP contribution in [0.3, 0.4) is 0 Å². The third-order valence-corrected chi connectivity index (χ3v) is 6.78. The quantitative estimate of drug-likeness (QED) is 0.619. The van der Waals surface area contributed by atoms with E-state index in [1.165, 1.54) is 0 Å². The summed E-state index contributed by atoms with van der Waals surface area (Å²) in [5, 5.41) is 11.4. The number of nitrogens with one attached hydrogen (secondary N) is 1. The first-order valence-electron chi connectivity index (χ1n) is 10.9. The number of H-pyrrole nitrogens is 1. The van der Waals surface area contributed by atoms with E-state index in [1.807, 2.05) is 52.3 Å². The number of carbonyl (C=O) groups excluding carboxylic acids is 2. The average molecular weight is 450 g/mol. The number of rotatable bonds is 3. The van der Waals surface area contributed by atoms with Gasteiger partial charge in [-0.2, -0.15) is 15.4 Å². The van der Waals surface area contributed by atoms with Crippen LogP contribution in [0.15, 0.2) is 48.5 Å². The number of aromatic nitrogens is 3. The number of hydrogen-bond acceptors (Lipinski definition) is 4. The average Bonchev–Trinajstić information content (AvgIpc) is 3.39. The smallest absolute Gasteiger partial charge is 0.253 e. The number of carbonyl (C=O) groups is 2. The van der Waals surface area contributed by atoms with Crippen molar-refractivity contribution in [1.29, 1.82) is 0 Å². The Kier molecular flexibility index (Phi) is 5.66. The Morgan fingerprint density at radius 2 is 1.72 bits per heavy atom. The highest BCUT2D eigenvalue weighted by Crippen LogP contribution is 2.33. The van der Waals surface area contributed by atoms with Crippen LogP contribution in [-0.2, 0) is 4.79 Å².